The van der Waals surface area contributed by atoms with Gasteiger partial charge < -0.3 is 13.7 Å². The van der Waals surface area contributed by atoms with E-state index >= 15 is 0 Å². The molecule has 0 aliphatic heterocycles. The van der Waals surface area contributed by atoms with Crippen LogP contribution in [0.15, 0.2) is 237 Å². The highest BCUT2D eigenvalue weighted by Crippen LogP contribution is 2.44. The number of alkyl halides is 3. The van der Waals surface area contributed by atoms with Crippen molar-refractivity contribution in [2.45, 2.75) is 6.18 Å². The zero-order valence-electron chi connectivity index (χ0n) is 38.8. The third kappa shape index (κ3) is 6.84. The van der Waals surface area contributed by atoms with Gasteiger partial charge in [-0.2, -0.15) is 13.2 Å². The highest BCUT2D eigenvalue weighted by atomic mass is 19.4. The topological polar surface area (TPSA) is 53.5 Å². The number of benzene rings is 10. The Morgan fingerprint density at radius 2 is 0.685 bits per heavy atom. The van der Waals surface area contributed by atoms with E-state index in [0.29, 0.717) is 34.3 Å². The molecule has 0 radical (unpaired) electrons. The van der Waals surface area contributed by atoms with Gasteiger partial charge in [0.25, 0.3) is 0 Å². The molecular formula is C64H39F3N6. The molecule has 10 aromatic carbocycles. The summed E-state index contributed by atoms with van der Waals surface area (Å²) in [6.45, 7) is 0. The molecule has 14 rings (SSSR count). The molecule has 6 nitrogen and oxygen atoms in total. The van der Waals surface area contributed by atoms with Crippen LogP contribution in [0, 0.1) is 0 Å². The maximum atomic E-state index is 14.9. The van der Waals surface area contributed by atoms with E-state index < -0.39 is 11.7 Å². The van der Waals surface area contributed by atoms with Crippen LogP contribution in [-0.4, -0.2) is 28.7 Å². The highest BCUT2D eigenvalue weighted by Gasteiger charge is 2.34. The Balaban J connectivity index is 1.10. The van der Waals surface area contributed by atoms with Gasteiger partial charge in [-0.1, -0.05) is 158 Å². The molecule has 0 atom stereocenters. The second-order valence-electron chi connectivity index (χ2n) is 18.3. The van der Waals surface area contributed by atoms with Crippen LogP contribution >= 0.6 is 0 Å². The van der Waals surface area contributed by atoms with Crippen molar-refractivity contribution in [2.24, 2.45) is 0 Å². The highest BCUT2D eigenvalue weighted by molar-refractivity contribution is 6.14. The molecule has 0 spiro atoms. The predicted octanol–water partition coefficient (Wildman–Crippen LogP) is 16.8. The minimum atomic E-state index is -4.60. The van der Waals surface area contributed by atoms with Crippen molar-refractivity contribution in [3.05, 3.63) is 242 Å². The second-order valence-corrected chi connectivity index (χ2v) is 18.3. The molecular weight excluding hydrogens is 910 g/mol. The van der Waals surface area contributed by atoms with E-state index in [1.165, 1.54) is 12.1 Å². The van der Waals surface area contributed by atoms with E-state index in [9.17, 15) is 13.2 Å². The lowest BCUT2D eigenvalue weighted by atomic mass is 9.97. The number of fused-ring (bicyclic) bond motifs is 9. The van der Waals surface area contributed by atoms with E-state index in [0.717, 1.165) is 94.0 Å². The molecule has 0 N–H and O–H groups in total. The molecule has 9 heteroatoms. The van der Waals surface area contributed by atoms with E-state index in [4.69, 9.17) is 15.0 Å². The molecule has 0 amide bonds. The van der Waals surface area contributed by atoms with Gasteiger partial charge in [-0.25, -0.2) is 15.0 Å². The number of hydrogen-bond donors (Lipinski definition) is 0. The van der Waals surface area contributed by atoms with Crippen LogP contribution in [0.25, 0.3) is 128 Å². The Bertz CT molecular complexity index is 4160. The van der Waals surface area contributed by atoms with Crippen LogP contribution in [0.5, 0.6) is 0 Å². The van der Waals surface area contributed by atoms with E-state index in [1.807, 2.05) is 72.8 Å². The van der Waals surface area contributed by atoms with Crippen LogP contribution in [0.4, 0.5) is 13.2 Å². The molecule has 0 saturated carbocycles. The molecule has 346 valence electrons. The molecule has 0 unspecified atom stereocenters. The van der Waals surface area contributed by atoms with Crippen molar-refractivity contribution >= 4 is 65.4 Å². The minimum absolute atomic E-state index is 0.0662. The van der Waals surface area contributed by atoms with Gasteiger partial charge in [0.15, 0.2) is 17.5 Å². The van der Waals surface area contributed by atoms with Gasteiger partial charge in [0.1, 0.15) is 0 Å². The Kier molecular flexibility index (Phi) is 9.56. The maximum absolute atomic E-state index is 14.9. The van der Waals surface area contributed by atoms with Gasteiger partial charge in [0.2, 0.25) is 0 Å². The normalized spacial score (nSPS) is 12.0. The first-order valence-corrected chi connectivity index (χ1v) is 24.1. The number of para-hydroxylation sites is 4. The molecule has 73 heavy (non-hydrogen) atoms. The Labute approximate surface area is 416 Å². The number of halogens is 3. The summed E-state index contributed by atoms with van der Waals surface area (Å²) in [5.41, 5.74) is 10.5. The summed E-state index contributed by atoms with van der Waals surface area (Å²) in [5, 5.41) is 6.51. The number of nitrogens with zero attached hydrogens (tertiary/aromatic N) is 6. The van der Waals surface area contributed by atoms with Gasteiger partial charge in [-0.05, 0) is 90.0 Å². The quantitative estimate of drug-likeness (QED) is 0.160. The average Bonchev–Trinajstić information content (AvgIpc) is 4.08. The Hall–Kier alpha value is -9.60. The summed E-state index contributed by atoms with van der Waals surface area (Å²) < 4.78 is 51.6. The standard InChI is InChI=1S/C64H39F3N6/c65-64(66,67)53-26-12-7-21-45(53)42-31-34-50(63-69-61(40-17-3-1-4-18-40)68-62(70-63)41-19-5-2-6-20-41)60(37-42)73-58-35-32-43(71-54-27-13-8-22-46(54)47-23-9-14-28-55(47)71)38-51(58)52-39-44(33-36-59(52)73)72-56-29-15-10-24-48(56)49-25-11-16-30-57(49)72/h1-39H. The summed E-state index contributed by atoms with van der Waals surface area (Å²) in [5.74, 6) is 1.31. The molecule has 0 aliphatic carbocycles. The van der Waals surface area contributed by atoms with Crippen LogP contribution in [0.2, 0.25) is 0 Å². The van der Waals surface area contributed by atoms with Crippen molar-refractivity contribution in [3.8, 4) is 62.4 Å². The van der Waals surface area contributed by atoms with E-state index in [-0.39, 0.29) is 5.56 Å². The zero-order valence-corrected chi connectivity index (χ0v) is 38.8. The summed E-state index contributed by atoms with van der Waals surface area (Å²) in [6.07, 6.45) is -4.60. The first-order valence-electron chi connectivity index (χ1n) is 24.1. The van der Waals surface area contributed by atoms with Crippen LogP contribution in [-0.2, 0) is 6.18 Å². The van der Waals surface area contributed by atoms with Gasteiger partial charge >= 0.3 is 6.18 Å². The molecule has 4 aromatic heterocycles. The molecule has 0 saturated heterocycles. The number of hydrogen-bond acceptors (Lipinski definition) is 3. The molecule has 0 bridgehead atoms. The first kappa shape index (κ1) is 42.3. The minimum Gasteiger partial charge on any atom is -0.309 e. The predicted molar refractivity (Wildman–Crippen MR) is 290 cm³/mol. The summed E-state index contributed by atoms with van der Waals surface area (Å²) in [6, 6.07) is 77.6. The van der Waals surface area contributed by atoms with Crippen LogP contribution in [0.3, 0.4) is 0 Å². The van der Waals surface area contributed by atoms with Crippen molar-refractivity contribution < 1.29 is 13.2 Å². The third-order valence-electron chi connectivity index (χ3n) is 14.1. The molecule has 4 heterocycles. The summed E-state index contributed by atoms with van der Waals surface area (Å²) in [4.78, 5) is 15.3. The summed E-state index contributed by atoms with van der Waals surface area (Å²) >= 11 is 0. The zero-order chi connectivity index (χ0) is 48.8. The van der Waals surface area contributed by atoms with Crippen molar-refractivity contribution in [1.82, 2.24) is 28.7 Å². The lowest BCUT2D eigenvalue weighted by Crippen LogP contribution is -2.07. The van der Waals surface area contributed by atoms with Crippen molar-refractivity contribution in [1.29, 1.82) is 0 Å². The van der Waals surface area contributed by atoms with Crippen molar-refractivity contribution in [3.63, 3.8) is 0 Å². The Morgan fingerprint density at radius 3 is 1.15 bits per heavy atom. The smallest absolute Gasteiger partial charge is 0.309 e. The first-order chi connectivity index (χ1) is 35.9. The van der Waals surface area contributed by atoms with Gasteiger partial charge in [0, 0.05) is 60.4 Å². The monoisotopic (exact) mass is 948 g/mol. The van der Waals surface area contributed by atoms with Gasteiger partial charge in [-0.3, -0.25) is 0 Å². The maximum Gasteiger partial charge on any atom is 0.417 e. The SMILES string of the molecule is FC(F)(F)c1ccccc1-c1ccc(-c2nc(-c3ccccc3)nc(-c3ccccc3)n2)c(-n2c3ccc(-n4c5ccccc5c5ccccc54)cc3c3cc(-n4c5ccccc5c5ccccc54)ccc32)c1. The third-order valence-corrected chi connectivity index (χ3v) is 14.1. The fourth-order valence-corrected chi connectivity index (χ4v) is 10.9. The molecule has 0 aliphatic rings. The lowest BCUT2D eigenvalue weighted by molar-refractivity contribution is -0.137. The molecule has 0 fully saturated rings. The number of rotatable bonds is 7. The largest absolute Gasteiger partial charge is 0.417 e. The van der Waals surface area contributed by atoms with Gasteiger partial charge in [-0.15, -0.1) is 0 Å². The second kappa shape index (κ2) is 16.5. The Morgan fingerprint density at radius 1 is 0.288 bits per heavy atom. The molecule has 14 aromatic rings. The summed E-state index contributed by atoms with van der Waals surface area (Å²) in [7, 11) is 0. The fraction of sp³-hybridized carbons (Fsp3) is 0.0156. The van der Waals surface area contributed by atoms with E-state index in [2.05, 4.69) is 147 Å². The number of aromatic nitrogens is 6. The van der Waals surface area contributed by atoms with Crippen LogP contribution in [0.1, 0.15) is 5.56 Å². The van der Waals surface area contributed by atoms with E-state index in [1.54, 1.807) is 12.1 Å². The van der Waals surface area contributed by atoms with Crippen molar-refractivity contribution in [2.75, 3.05) is 0 Å². The fourth-order valence-electron chi connectivity index (χ4n) is 10.9. The average molecular weight is 949 g/mol. The lowest BCUT2D eigenvalue weighted by Gasteiger charge is -2.18. The van der Waals surface area contributed by atoms with Crippen LogP contribution < -0.4 is 0 Å². The van der Waals surface area contributed by atoms with Gasteiger partial charge in [0.05, 0.1) is 44.4 Å².